The van der Waals surface area contributed by atoms with Crippen LogP contribution < -0.4 is 5.32 Å². The molecule has 106 valence electrons. The van der Waals surface area contributed by atoms with E-state index >= 15 is 0 Å². The normalized spacial score (nSPS) is 12.4. The summed E-state index contributed by atoms with van der Waals surface area (Å²) in [6.07, 6.45) is 0.463. The Morgan fingerprint density at radius 2 is 1.95 bits per heavy atom. The average molecular weight is 340 g/mol. The third-order valence-corrected chi connectivity index (χ3v) is 4.47. The Bertz CT molecular complexity index is 613. The van der Waals surface area contributed by atoms with Crippen molar-refractivity contribution in [1.82, 2.24) is 5.32 Å². The van der Waals surface area contributed by atoms with Gasteiger partial charge in [0.05, 0.1) is 0 Å². The number of likely N-dealkylation sites (N-methyl/N-ethyl adjacent to an activating group) is 1. The summed E-state index contributed by atoms with van der Waals surface area (Å²) >= 11 is 3.57. The molecule has 0 aliphatic heterocycles. The highest BCUT2D eigenvalue weighted by Gasteiger charge is 2.16. The summed E-state index contributed by atoms with van der Waals surface area (Å²) in [4.78, 5) is 0. The number of aryl methyl sites for hydroxylation is 1. The van der Waals surface area contributed by atoms with E-state index in [1.165, 1.54) is 12.1 Å². The molecule has 1 atom stereocenters. The maximum absolute atomic E-state index is 13.8. The van der Waals surface area contributed by atoms with Crippen molar-refractivity contribution in [3.8, 4) is 0 Å². The fourth-order valence-corrected chi connectivity index (χ4v) is 2.75. The topological polar surface area (TPSA) is 12.0 Å². The van der Waals surface area contributed by atoms with Gasteiger partial charge in [0.15, 0.2) is 0 Å². The number of hydrogen-bond donors (Lipinski definition) is 1. The minimum absolute atomic E-state index is 0.0377. The third-order valence-electron chi connectivity index (χ3n) is 3.38. The lowest BCUT2D eigenvalue weighted by Crippen LogP contribution is -2.20. The molecule has 0 bridgehead atoms. The molecule has 4 heteroatoms. The molecule has 2 rings (SSSR count). The smallest absolute Gasteiger partial charge is 0.129 e. The van der Waals surface area contributed by atoms with Crippen molar-refractivity contribution >= 4 is 15.9 Å². The zero-order valence-electron chi connectivity index (χ0n) is 11.4. The molecule has 0 fully saturated rings. The van der Waals surface area contributed by atoms with Gasteiger partial charge in [0.2, 0.25) is 0 Å². The number of benzene rings is 2. The molecule has 1 nitrogen and oxygen atoms in total. The fourth-order valence-electron chi connectivity index (χ4n) is 2.21. The molecule has 1 unspecified atom stereocenters. The lowest BCUT2D eigenvalue weighted by atomic mass is 9.97. The van der Waals surface area contributed by atoms with Crippen molar-refractivity contribution in [2.45, 2.75) is 19.4 Å². The molecule has 0 radical (unpaired) electrons. The van der Waals surface area contributed by atoms with Crippen molar-refractivity contribution in [2.24, 2.45) is 0 Å². The quantitative estimate of drug-likeness (QED) is 0.862. The van der Waals surface area contributed by atoms with Crippen molar-refractivity contribution in [3.05, 3.63) is 69.2 Å². The number of rotatable bonds is 4. The fraction of sp³-hybridized carbons (Fsp3) is 0.250. The van der Waals surface area contributed by atoms with Gasteiger partial charge in [-0.1, -0.05) is 40.2 Å². The van der Waals surface area contributed by atoms with Gasteiger partial charge in [0.1, 0.15) is 11.6 Å². The lowest BCUT2D eigenvalue weighted by Gasteiger charge is -2.19. The summed E-state index contributed by atoms with van der Waals surface area (Å²) in [5, 5.41) is 3.19. The van der Waals surface area contributed by atoms with Crippen molar-refractivity contribution in [1.29, 1.82) is 0 Å². The zero-order chi connectivity index (χ0) is 14.7. The van der Waals surface area contributed by atoms with Crippen LogP contribution in [0.15, 0.2) is 40.9 Å². The van der Waals surface area contributed by atoms with Gasteiger partial charge in [-0.15, -0.1) is 0 Å². The molecule has 0 amide bonds. The van der Waals surface area contributed by atoms with Crippen LogP contribution in [0.4, 0.5) is 8.78 Å². The van der Waals surface area contributed by atoms with Crippen LogP contribution in [0.3, 0.4) is 0 Å². The highest BCUT2D eigenvalue weighted by molar-refractivity contribution is 9.10. The van der Waals surface area contributed by atoms with Crippen LogP contribution in [-0.4, -0.2) is 7.05 Å². The van der Waals surface area contributed by atoms with E-state index in [4.69, 9.17) is 0 Å². The first-order valence-electron chi connectivity index (χ1n) is 6.39. The molecule has 0 saturated carbocycles. The van der Waals surface area contributed by atoms with E-state index in [1.807, 2.05) is 32.2 Å². The second-order valence-electron chi connectivity index (χ2n) is 4.76. The largest absolute Gasteiger partial charge is 0.313 e. The first kappa shape index (κ1) is 15.1. The molecule has 20 heavy (non-hydrogen) atoms. The summed E-state index contributed by atoms with van der Waals surface area (Å²) < 4.78 is 27.7. The molecule has 0 aliphatic carbocycles. The van der Waals surface area contributed by atoms with Crippen molar-refractivity contribution in [2.75, 3.05) is 7.05 Å². The van der Waals surface area contributed by atoms with Crippen LogP contribution in [-0.2, 0) is 6.42 Å². The summed E-state index contributed by atoms with van der Waals surface area (Å²) in [5.41, 5.74) is 2.69. The van der Waals surface area contributed by atoms with Gasteiger partial charge in [-0.25, -0.2) is 8.78 Å². The molecule has 1 N–H and O–H groups in total. The van der Waals surface area contributed by atoms with Gasteiger partial charge >= 0.3 is 0 Å². The van der Waals surface area contributed by atoms with E-state index in [0.29, 0.717) is 12.0 Å². The maximum Gasteiger partial charge on any atom is 0.129 e. The Kier molecular flexibility index (Phi) is 4.89. The van der Waals surface area contributed by atoms with Crippen LogP contribution in [0.25, 0.3) is 0 Å². The van der Waals surface area contributed by atoms with Crippen LogP contribution >= 0.6 is 15.9 Å². The predicted molar refractivity (Wildman–Crippen MR) is 80.7 cm³/mol. The Morgan fingerprint density at radius 1 is 1.20 bits per heavy atom. The number of nitrogens with one attached hydrogen (secondary N) is 1. The molecule has 0 spiro atoms. The second kappa shape index (κ2) is 6.46. The third kappa shape index (κ3) is 3.25. The first-order valence-corrected chi connectivity index (χ1v) is 7.18. The summed E-state index contributed by atoms with van der Waals surface area (Å²) in [5.74, 6) is -1.06. The molecular weight excluding hydrogens is 324 g/mol. The summed E-state index contributed by atoms with van der Waals surface area (Å²) in [6, 6.07) is 9.66. The summed E-state index contributed by atoms with van der Waals surface area (Å²) in [7, 11) is 1.83. The van der Waals surface area contributed by atoms with E-state index < -0.39 is 11.6 Å². The molecule has 0 heterocycles. The van der Waals surface area contributed by atoms with Crippen LogP contribution in [0.5, 0.6) is 0 Å². The highest BCUT2D eigenvalue weighted by Crippen LogP contribution is 2.29. The standard InChI is InChI=1S/C16H16BrF2N/c1-10-4-3-5-13(16(10)17)15(20-2)8-11-6-7-12(18)9-14(11)19/h3-7,9,15,20H,8H2,1-2H3. The minimum atomic E-state index is -0.552. The van der Waals surface area contributed by atoms with Gasteiger partial charge < -0.3 is 5.32 Å². The highest BCUT2D eigenvalue weighted by atomic mass is 79.9. The Labute approximate surface area is 126 Å². The van der Waals surface area contributed by atoms with E-state index in [0.717, 1.165) is 21.7 Å². The molecular formula is C16H16BrF2N. The van der Waals surface area contributed by atoms with Crippen LogP contribution in [0.1, 0.15) is 22.7 Å². The first-order chi connectivity index (χ1) is 9.52. The van der Waals surface area contributed by atoms with Gasteiger partial charge in [0, 0.05) is 16.6 Å². The maximum atomic E-state index is 13.8. The van der Waals surface area contributed by atoms with Crippen molar-refractivity contribution < 1.29 is 8.78 Å². The van der Waals surface area contributed by atoms with Gasteiger partial charge in [-0.3, -0.25) is 0 Å². The Balaban J connectivity index is 2.31. The SMILES string of the molecule is CNC(Cc1ccc(F)cc1F)c1cccc(C)c1Br. The monoisotopic (exact) mass is 339 g/mol. The predicted octanol–water partition coefficient (Wildman–Crippen LogP) is 4.54. The zero-order valence-corrected chi connectivity index (χ0v) is 13.0. The average Bonchev–Trinajstić information content (AvgIpc) is 2.42. The van der Waals surface area contributed by atoms with Gasteiger partial charge in [0.25, 0.3) is 0 Å². The van der Waals surface area contributed by atoms with E-state index in [2.05, 4.69) is 21.2 Å². The van der Waals surface area contributed by atoms with E-state index in [-0.39, 0.29) is 6.04 Å². The molecule has 2 aromatic rings. The van der Waals surface area contributed by atoms with Gasteiger partial charge in [-0.05, 0) is 43.1 Å². The molecule has 0 aliphatic rings. The Morgan fingerprint density at radius 3 is 2.60 bits per heavy atom. The minimum Gasteiger partial charge on any atom is -0.313 e. The second-order valence-corrected chi connectivity index (χ2v) is 5.55. The van der Waals surface area contributed by atoms with E-state index in [1.54, 1.807) is 0 Å². The number of hydrogen-bond acceptors (Lipinski definition) is 1. The molecule has 0 saturated heterocycles. The van der Waals surface area contributed by atoms with Crippen LogP contribution in [0.2, 0.25) is 0 Å². The summed E-state index contributed by atoms with van der Waals surface area (Å²) in [6.45, 7) is 2.01. The van der Waals surface area contributed by atoms with Gasteiger partial charge in [-0.2, -0.15) is 0 Å². The Hall–Kier alpha value is -1.26. The lowest BCUT2D eigenvalue weighted by molar-refractivity contribution is 0.539. The number of halogens is 3. The molecule has 0 aromatic heterocycles. The van der Waals surface area contributed by atoms with Crippen LogP contribution in [0, 0.1) is 18.6 Å². The van der Waals surface area contributed by atoms with E-state index in [9.17, 15) is 8.78 Å². The van der Waals surface area contributed by atoms with Crippen molar-refractivity contribution in [3.63, 3.8) is 0 Å². The molecule has 2 aromatic carbocycles.